The number of fused-ring (bicyclic) bond motifs is 1. The fourth-order valence-corrected chi connectivity index (χ4v) is 2.87. The van der Waals surface area contributed by atoms with Gasteiger partial charge in [0.25, 0.3) is 0 Å². The average Bonchev–Trinajstić information content (AvgIpc) is 2.74. The molecule has 0 saturated carbocycles. The van der Waals surface area contributed by atoms with Gasteiger partial charge in [-0.3, -0.25) is 0 Å². The maximum Gasteiger partial charge on any atom is 0.163 e. The van der Waals surface area contributed by atoms with E-state index in [9.17, 15) is 0 Å². The van der Waals surface area contributed by atoms with E-state index in [0.717, 1.165) is 28.6 Å². The minimum Gasteiger partial charge on any atom is -0.486 e. The van der Waals surface area contributed by atoms with Gasteiger partial charge < -0.3 is 24.8 Å². The minimum absolute atomic E-state index is 0.551. The van der Waals surface area contributed by atoms with Crippen LogP contribution in [0.1, 0.15) is 0 Å². The van der Waals surface area contributed by atoms with E-state index in [4.69, 9.17) is 14.2 Å². The van der Waals surface area contributed by atoms with Crippen LogP contribution in [0.5, 0.6) is 11.5 Å². The van der Waals surface area contributed by atoms with Gasteiger partial charge >= 0.3 is 0 Å². The number of aromatic nitrogens is 2. The van der Waals surface area contributed by atoms with Gasteiger partial charge in [-0.15, -0.1) is 0 Å². The van der Waals surface area contributed by atoms with Crippen LogP contribution in [-0.2, 0) is 4.74 Å². The first-order chi connectivity index (χ1) is 13.8. The van der Waals surface area contributed by atoms with Crippen molar-refractivity contribution >= 4 is 17.3 Å². The van der Waals surface area contributed by atoms with Crippen molar-refractivity contribution < 1.29 is 14.2 Å². The predicted molar refractivity (Wildman–Crippen MR) is 109 cm³/mol. The summed E-state index contributed by atoms with van der Waals surface area (Å²) in [5, 5.41) is 6.61. The highest BCUT2D eigenvalue weighted by Crippen LogP contribution is 2.33. The lowest BCUT2D eigenvalue weighted by Gasteiger charge is -2.19. The molecule has 0 fully saturated rings. The molecule has 0 aliphatic carbocycles. The maximum atomic E-state index is 5.66. The second-order valence-corrected chi connectivity index (χ2v) is 6.23. The van der Waals surface area contributed by atoms with E-state index in [2.05, 4.69) is 20.6 Å². The van der Waals surface area contributed by atoms with Gasteiger partial charge in [-0.05, 0) is 12.1 Å². The molecule has 2 heterocycles. The molecule has 2 N–H and O–H groups in total. The van der Waals surface area contributed by atoms with Gasteiger partial charge in [0.15, 0.2) is 17.3 Å². The third kappa shape index (κ3) is 4.32. The maximum absolute atomic E-state index is 5.66. The van der Waals surface area contributed by atoms with Crippen LogP contribution in [0.2, 0.25) is 0 Å². The van der Waals surface area contributed by atoms with Crippen molar-refractivity contribution in [1.82, 2.24) is 9.97 Å². The normalized spacial score (nSPS) is 12.5. The molecule has 0 bridgehead atoms. The number of anilines is 3. The van der Waals surface area contributed by atoms with Crippen molar-refractivity contribution in [3.8, 4) is 22.9 Å². The Hall–Kier alpha value is -3.32. The number of rotatable bonds is 7. The van der Waals surface area contributed by atoms with Crippen LogP contribution in [0.15, 0.2) is 54.6 Å². The van der Waals surface area contributed by atoms with Crippen LogP contribution >= 0.6 is 0 Å². The molecule has 1 aliphatic rings. The van der Waals surface area contributed by atoms with E-state index in [1.54, 1.807) is 7.11 Å². The molecule has 0 unspecified atom stereocenters. The van der Waals surface area contributed by atoms with E-state index >= 15 is 0 Å². The number of nitrogens with one attached hydrogen (secondary N) is 2. The number of benzene rings is 2. The van der Waals surface area contributed by atoms with Crippen LogP contribution < -0.4 is 20.1 Å². The predicted octanol–water partition coefficient (Wildman–Crippen LogP) is 3.72. The molecule has 0 amide bonds. The molecule has 3 aromatic rings. The molecule has 1 aromatic heterocycles. The molecule has 4 rings (SSSR count). The van der Waals surface area contributed by atoms with Crippen LogP contribution in [-0.4, -0.2) is 43.4 Å². The van der Waals surface area contributed by atoms with Gasteiger partial charge in [-0.25, -0.2) is 9.97 Å². The quantitative estimate of drug-likeness (QED) is 0.607. The van der Waals surface area contributed by atoms with Crippen LogP contribution in [0.4, 0.5) is 17.3 Å². The first-order valence-corrected chi connectivity index (χ1v) is 9.16. The number of hydrogen-bond acceptors (Lipinski definition) is 7. The molecular weight excluding hydrogens is 356 g/mol. The molecule has 0 spiro atoms. The molecule has 0 radical (unpaired) electrons. The van der Waals surface area contributed by atoms with Gasteiger partial charge in [0.05, 0.1) is 6.61 Å². The first kappa shape index (κ1) is 18.1. The molecule has 0 saturated heterocycles. The largest absolute Gasteiger partial charge is 0.486 e. The zero-order chi connectivity index (χ0) is 19.2. The lowest BCUT2D eigenvalue weighted by molar-refractivity contribution is 0.171. The number of hydrogen-bond donors (Lipinski definition) is 2. The average molecular weight is 378 g/mol. The standard InChI is InChI=1S/C21H22N4O3/c1-26-10-9-22-19-14-20(25-21(24-19)15-5-3-2-4-6-15)23-16-7-8-17-18(13-16)28-12-11-27-17/h2-8,13-14H,9-12H2,1H3,(H2,22,23,24,25). The van der Waals surface area contributed by atoms with Gasteiger partial charge in [0, 0.05) is 37.0 Å². The molecule has 1 aliphatic heterocycles. The summed E-state index contributed by atoms with van der Waals surface area (Å²) >= 11 is 0. The van der Waals surface area contributed by atoms with Crippen molar-refractivity contribution in [3.63, 3.8) is 0 Å². The zero-order valence-electron chi connectivity index (χ0n) is 15.6. The summed E-state index contributed by atoms with van der Waals surface area (Å²) in [6, 6.07) is 17.5. The molecule has 7 heteroatoms. The zero-order valence-corrected chi connectivity index (χ0v) is 15.6. The lowest BCUT2D eigenvalue weighted by Crippen LogP contribution is -2.15. The second kappa shape index (κ2) is 8.58. The third-order valence-corrected chi connectivity index (χ3v) is 4.19. The Morgan fingerprint density at radius 3 is 2.54 bits per heavy atom. The van der Waals surface area contributed by atoms with Crippen molar-refractivity contribution in [2.75, 3.05) is 44.1 Å². The molecule has 0 atom stereocenters. The Kier molecular flexibility index (Phi) is 5.53. The number of nitrogens with zero attached hydrogens (tertiary/aromatic N) is 2. The highest BCUT2D eigenvalue weighted by atomic mass is 16.6. The minimum atomic E-state index is 0.551. The van der Waals surface area contributed by atoms with Gasteiger partial charge in [-0.2, -0.15) is 0 Å². The Morgan fingerprint density at radius 1 is 0.929 bits per heavy atom. The summed E-state index contributed by atoms with van der Waals surface area (Å²) in [5.74, 6) is 3.54. The van der Waals surface area contributed by atoms with Crippen LogP contribution in [0, 0.1) is 0 Å². The highest BCUT2D eigenvalue weighted by molar-refractivity contribution is 5.67. The summed E-state index contributed by atoms with van der Waals surface area (Å²) in [5.41, 5.74) is 1.81. The van der Waals surface area contributed by atoms with E-state index < -0.39 is 0 Å². The molecule has 7 nitrogen and oxygen atoms in total. The SMILES string of the molecule is COCCNc1cc(Nc2ccc3c(c2)OCCO3)nc(-c2ccccc2)n1. The number of methoxy groups -OCH3 is 1. The van der Waals surface area contributed by atoms with Gasteiger partial charge in [0.1, 0.15) is 24.8 Å². The lowest BCUT2D eigenvalue weighted by atomic mass is 10.2. The summed E-state index contributed by atoms with van der Waals surface area (Å²) in [7, 11) is 1.67. The summed E-state index contributed by atoms with van der Waals surface area (Å²) in [6.07, 6.45) is 0. The van der Waals surface area contributed by atoms with Crippen molar-refractivity contribution in [2.24, 2.45) is 0 Å². The Balaban J connectivity index is 1.62. The topological polar surface area (TPSA) is 77.5 Å². The monoisotopic (exact) mass is 378 g/mol. The van der Waals surface area contributed by atoms with Gasteiger partial charge in [0.2, 0.25) is 0 Å². The van der Waals surface area contributed by atoms with Crippen molar-refractivity contribution in [3.05, 3.63) is 54.6 Å². The Labute approximate surface area is 163 Å². The molecule has 2 aromatic carbocycles. The van der Waals surface area contributed by atoms with Gasteiger partial charge in [-0.1, -0.05) is 30.3 Å². The second-order valence-electron chi connectivity index (χ2n) is 6.23. The van der Waals surface area contributed by atoms with Crippen molar-refractivity contribution in [1.29, 1.82) is 0 Å². The fraction of sp³-hybridized carbons (Fsp3) is 0.238. The van der Waals surface area contributed by atoms with E-state index in [0.29, 0.717) is 38.0 Å². The van der Waals surface area contributed by atoms with Crippen LogP contribution in [0.3, 0.4) is 0 Å². The Morgan fingerprint density at radius 2 is 1.71 bits per heavy atom. The Bertz CT molecular complexity index is 934. The summed E-state index contributed by atoms with van der Waals surface area (Å²) < 4.78 is 16.3. The summed E-state index contributed by atoms with van der Waals surface area (Å²) in [6.45, 7) is 2.37. The smallest absolute Gasteiger partial charge is 0.163 e. The third-order valence-electron chi connectivity index (χ3n) is 4.19. The summed E-state index contributed by atoms with van der Waals surface area (Å²) in [4.78, 5) is 9.30. The first-order valence-electron chi connectivity index (χ1n) is 9.16. The van der Waals surface area contributed by atoms with E-state index in [1.165, 1.54) is 0 Å². The molecule has 28 heavy (non-hydrogen) atoms. The van der Waals surface area contributed by atoms with E-state index in [1.807, 2.05) is 54.6 Å². The number of ether oxygens (including phenoxy) is 3. The van der Waals surface area contributed by atoms with E-state index in [-0.39, 0.29) is 0 Å². The fourth-order valence-electron chi connectivity index (χ4n) is 2.87. The molecular formula is C21H22N4O3. The van der Waals surface area contributed by atoms with Crippen LogP contribution in [0.25, 0.3) is 11.4 Å². The highest BCUT2D eigenvalue weighted by Gasteiger charge is 2.13. The molecule has 144 valence electrons. The van der Waals surface area contributed by atoms with Crippen molar-refractivity contribution in [2.45, 2.75) is 0 Å².